The number of Topliss-reactive ketones (excluding diaryl/α,β-unsaturated/α-hetero) is 1. The number of ketones is 1. The highest BCUT2D eigenvalue weighted by atomic mass is 16.5. The summed E-state index contributed by atoms with van der Waals surface area (Å²) in [5.74, 6) is -0.850. The lowest BCUT2D eigenvalue weighted by molar-refractivity contribution is -0.146. The van der Waals surface area contributed by atoms with E-state index in [0.29, 0.717) is 0 Å². The maximum absolute atomic E-state index is 11.0. The van der Waals surface area contributed by atoms with Crippen LogP contribution < -0.4 is 0 Å². The fourth-order valence-corrected chi connectivity index (χ4v) is 0.782. The van der Waals surface area contributed by atoms with Crippen molar-refractivity contribution in [2.24, 2.45) is 0 Å². The van der Waals surface area contributed by atoms with E-state index in [2.05, 4.69) is 4.74 Å². The molecular formula is C7H14O6. The number of rotatable bonds is 6. The third-order valence-corrected chi connectivity index (χ3v) is 1.54. The van der Waals surface area contributed by atoms with Crippen molar-refractivity contribution in [3.05, 3.63) is 0 Å². The summed E-state index contributed by atoms with van der Waals surface area (Å²) < 4.78 is 11.2. The van der Waals surface area contributed by atoms with Crippen molar-refractivity contribution in [1.29, 1.82) is 0 Å². The maximum atomic E-state index is 11.0. The minimum Gasteiger partial charge on any atom is -0.394 e. The molecule has 13 heavy (non-hydrogen) atoms. The SMILES string of the molecule is [2H]CO[C@H](C(=O)CO)[C@H](O)[C@H](O)CO. The quantitative estimate of drug-likeness (QED) is 0.367. The van der Waals surface area contributed by atoms with Gasteiger partial charge in [0.25, 0.3) is 0 Å². The lowest BCUT2D eigenvalue weighted by atomic mass is 10.1. The second-order valence-corrected chi connectivity index (χ2v) is 2.45. The van der Waals surface area contributed by atoms with Crippen LogP contribution in [-0.2, 0) is 9.53 Å². The van der Waals surface area contributed by atoms with Gasteiger partial charge in [0.05, 0.1) is 7.98 Å². The zero-order valence-electron chi connectivity index (χ0n) is 7.96. The summed E-state index contributed by atoms with van der Waals surface area (Å²) in [4.78, 5) is 11.0. The van der Waals surface area contributed by atoms with E-state index in [1.165, 1.54) is 0 Å². The number of methoxy groups -OCH3 is 1. The lowest BCUT2D eigenvalue weighted by Crippen LogP contribution is -2.45. The Morgan fingerprint density at radius 1 is 1.54 bits per heavy atom. The fraction of sp³-hybridized carbons (Fsp3) is 0.857. The number of aliphatic hydroxyl groups excluding tert-OH is 4. The molecule has 0 heterocycles. The van der Waals surface area contributed by atoms with Crippen molar-refractivity contribution in [1.82, 2.24) is 0 Å². The van der Waals surface area contributed by atoms with Crippen molar-refractivity contribution in [2.45, 2.75) is 18.3 Å². The third kappa shape index (κ3) is 3.37. The van der Waals surface area contributed by atoms with E-state index in [0.717, 1.165) is 0 Å². The standard InChI is InChI=1S/C7H14O6/c1-13-7(5(11)3-9)6(12)4(10)2-8/h4,6-10,12H,2-3H2,1H3/t4-,6-,7-/m1/s1/i1D. The molecule has 0 bridgehead atoms. The summed E-state index contributed by atoms with van der Waals surface area (Å²) in [6, 6.07) is 0. The molecule has 0 aliphatic heterocycles. The van der Waals surface area contributed by atoms with E-state index in [4.69, 9.17) is 16.7 Å². The zero-order chi connectivity index (χ0) is 11.1. The van der Waals surface area contributed by atoms with Gasteiger partial charge < -0.3 is 25.2 Å². The predicted octanol–water partition coefficient (Wildman–Crippen LogP) is -2.72. The van der Waals surface area contributed by atoms with E-state index in [9.17, 15) is 9.90 Å². The second kappa shape index (κ2) is 6.01. The van der Waals surface area contributed by atoms with Crippen LogP contribution in [0, 0.1) is 0 Å². The smallest absolute Gasteiger partial charge is 0.189 e. The van der Waals surface area contributed by atoms with Crippen LogP contribution in [0.3, 0.4) is 0 Å². The molecule has 0 saturated carbocycles. The number of carbonyl (C=O) groups is 1. The van der Waals surface area contributed by atoms with Crippen LogP contribution in [-0.4, -0.2) is 64.8 Å². The number of aliphatic hydroxyl groups is 4. The lowest BCUT2D eigenvalue weighted by Gasteiger charge is -2.22. The van der Waals surface area contributed by atoms with Crippen molar-refractivity contribution >= 4 is 5.78 Å². The van der Waals surface area contributed by atoms with Gasteiger partial charge >= 0.3 is 0 Å². The topological polar surface area (TPSA) is 107 Å². The molecule has 0 amide bonds. The van der Waals surface area contributed by atoms with Crippen molar-refractivity contribution in [3.63, 3.8) is 0 Å². The van der Waals surface area contributed by atoms with Gasteiger partial charge in [-0.15, -0.1) is 0 Å². The van der Waals surface area contributed by atoms with Gasteiger partial charge in [0.15, 0.2) is 5.78 Å². The Balaban J connectivity index is 4.39. The van der Waals surface area contributed by atoms with Gasteiger partial charge in [-0.1, -0.05) is 0 Å². The molecule has 0 spiro atoms. The van der Waals surface area contributed by atoms with E-state index in [1.54, 1.807) is 0 Å². The minimum atomic E-state index is -1.65. The molecule has 3 atom stereocenters. The predicted molar refractivity (Wildman–Crippen MR) is 42.0 cm³/mol. The normalized spacial score (nSPS) is 18.9. The first kappa shape index (κ1) is 10.6. The number of hydrogen-bond donors (Lipinski definition) is 4. The number of ether oxygens (including phenoxy) is 1. The van der Waals surface area contributed by atoms with Gasteiger partial charge in [0, 0.05) is 7.09 Å². The monoisotopic (exact) mass is 195 g/mol. The highest BCUT2D eigenvalue weighted by Crippen LogP contribution is 2.04. The van der Waals surface area contributed by atoms with E-state index >= 15 is 0 Å². The first-order valence-corrected chi connectivity index (χ1v) is 3.59. The average molecular weight is 195 g/mol. The first-order chi connectivity index (χ1) is 6.58. The van der Waals surface area contributed by atoms with E-state index in [1.807, 2.05) is 0 Å². The maximum Gasteiger partial charge on any atom is 0.189 e. The van der Waals surface area contributed by atoms with Gasteiger partial charge in [0.2, 0.25) is 0 Å². The molecule has 0 saturated heterocycles. The third-order valence-electron chi connectivity index (χ3n) is 1.54. The Kier molecular flexibility index (Phi) is 4.87. The molecule has 6 nitrogen and oxygen atoms in total. The molecule has 0 aromatic rings. The molecule has 0 aliphatic carbocycles. The van der Waals surface area contributed by atoms with Gasteiger partial charge in [-0.3, -0.25) is 4.79 Å². The average Bonchev–Trinajstić information content (AvgIpc) is 2.22. The summed E-state index contributed by atoms with van der Waals surface area (Å²) in [5.41, 5.74) is 0. The largest absolute Gasteiger partial charge is 0.394 e. The molecule has 78 valence electrons. The van der Waals surface area contributed by atoms with Crippen LogP contribution in [0.5, 0.6) is 0 Å². The summed E-state index contributed by atoms with van der Waals surface area (Å²) in [7, 11) is -0.592. The Morgan fingerprint density at radius 3 is 2.54 bits per heavy atom. The molecule has 0 fully saturated rings. The Bertz CT molecular complexity index is 176. The Morgan fingerprint density at radius 2 is 2.15 bits per heavy atom. The number of hydrogen-bond acceptors (Lipinski definition) is 6. The van der Waals surface area contributed by atoms with E-state index < -0.39 is 44.4 Å². The molecule has 0 radical (unpaired) electrons. The summed E-state index contributed by atoms with van der Waals surface area (Å²) in [6.07, 6.45) is -4.67. The Hall–Kier alpha value is -0.530. The number of carbonyl (C=O) groups excluding carboxylic acids is 1. The van der Waals surface area contributed by atoms with Gasteiger partial charge in [0.1, 0.15) is 24.9 Å². The fourth-order valence-electron chi connectivity index (χ4n) is 0.782. The van der Waals surface area contributed by atoms with Gasteiger partial charge in [-0.25, -0.2) is 0 Å². The van der Waals surface area contributed by atoms with E-state index in [-0.39, 0.29) is 0 Å². The van der Waals surface area contributed by atoms with Crippen molar-refractivity contribution < 1.29 is 31.3 Å². The summed E-state index contributed by atoms with van der Waals surface area (Å²) in [6.45, 7) is -1.60. The van der Waals surface area contributed by atoms with Crippen LogP contribution in [0.15, 0.2) is 0 Å². The van der Waals surface area contributed by atoms with Gasteiger partial charge in [-0.05, 0) is 0 Å². The first-order valence-electron chi connectivity index (χ1n) is 4.30. The van der Waals surface area contributed by atoms with Crippen LogP contribution >= 0.6 is 0 Å². The van der Waals surface area contributed by atoms with Crippen molar-refractivity contribution in [3.8, 4) is 0 Å². The molecule has 0 unspecified atom stereocenters. The van der Waals surface area contributed by atoms with Gasteiger partial charge in [-0.2, -0.15) is 0 Å². The second-order valence-electron chi connectivity index (χ2n) is 2.45. The zero-order valence-corrected chi connectivity index (χ0v) is 6.96. The highest BCUT2D eigenvalue weighted by molar-refractivity contribution is 5.84. The molecule has 0 aromatic carbocycles. The summed E-state index contributed by atoms with van der Waals surface area (Å²) in [5, 5.41) is 35.2. The van der Waals surface area contributed by atoms with Crippen LogP contribution in [0.25, 0.3) is 0 Å². The minimum absolute atomic E-state index is 0.592. The van der Waals surface area contributed by atoms with Crippen molar-refractivity contribution in [2.75, 3.05) is 20.3 Å². The Labute approximate surface area is 76.8 Å². The van der Waals surface area contributed by atoms with Crippen LogP contribution in [0.4, 0.5) is 0 Å². The highest BCUT2D eigenvalue weighted by Gasteiger charge is 2.30. The van der Waals surface area contributed by atoms with Crippen LogP contribution in [0.2, 0.25) is 0 Å². The molecule has 0 rings (SSSR count). The molecule has 4 N–H and O–H groups in total. The van der Waals surface area contributed by atoms with Crippen LogP contribution in [0.1, 0.15) is 1.37 Å². The molecule has 0 aliphatic rings. The molecule has 6 heteroatoms. The summed E-state index contributed by atoms with van der Waals surface area (Å²) >= 11 is 0. The molecule has 0 aromatic heterocycles. The molecular weight excluding hydrogens is 180 g/mol.